The third-order valence-corrected chi connectivity index (χ3v) is 11.1. The molecule has 1 aliphatic heterocycles. The summed E-state index contributed by atoms with van der Waals surface area (Å²) >= 11 is 0. The number of ether oxygens (including phenoxy) is 1. The lowest BCUT2D eigenvalue weighted by atomic mass is 9.74. The average Bonchev–Trinajstić information content (AvgIpc) is 3.68. The molecule has 0 bridgehead atoms. The standard InChI is InChI=1S/C47H30O2/c1-47-25-13-12-24-42(47)49-46-36-22-9-3-15-29(36)38(27-40(46)47)44-33-19-6-4-17-31(33)43(32-18-5-7-20-34(32)44)37-26-39-30-16-10-11-23-41(30)48-45(39)35-21-8-2-14-28(35)37/h2-27,42H,1H3. The fourth-order valence-corrected chi connectivity index (χ4v) is 8.79. The number of para-hydroxylation sites is 1. The van der Waals surface area contributed by atoms with Gasteiger partial charge in [0.2, 0.25) is 0 Å². The van der Waals surface area contributed by atoms with Crippen LogP contribution in [0.1, 0.15) is 12.5 Å². The topological polar surface area (TPSA) is 22.4 Å². The summed E-state index contributed by atoms with van der Waals surface area (Å²) in [6.07, 6.45) is 8.74. The van der Waals surface area contributed by atoms with Crippen LogP contribution in [0, 0.1) is 0 Å². The van der Waals surface area contributed by atoms with Crippen molar-refractivity contribution in [1.29, 1.82) is 0 Å². The van der Waals surface area contributed by atoms with E-state index in [2.05, 4.69) is 159 Å². The van der Waals surface area contributed by atoms with Gasteiger partial charge >= 0.3 is 0 Å². The van der Waals surface area contributed by atoms with Gasteiger partial charge < -0.3 is 9.15 Å². The normalized spacial score (nSPS) is 18.2. The zero-order chi connectivity index (χ0) is 32.3. The summed E-state index contributed by atoms with van der Waals surface area (Å²) in [7, 11) is 0. The molecule has 0 N–H and O–H groups in total. The second-order valence-electron chi connectivity index (χ2n) is 13.7. The van der Waals surface area contributed by atoms with Crippen LogP contribution in [0.5, 0.6) is 5.75 Å². The molecule has 0 spiro atoms. The summed E-state index contributed by atoms with van der Waals surface area (Å²) in [5, 5.41) is 11.9. The van der Waals surface area contributed by atoms with Crippen molar-refractivity contribution in [3.63, 3.8) is 0 Å². The highest BCUT2D eigenvalue weighted by molar-refractivity contribution is 6.28. The summed E-state index contributed by atoms with van der Waals surface area (Å²) < 4.78 is 13.2. The molecule has 1 aliphatic carbocycles. The molecule has 230 valence electrons. The van der Waals surface area contributed by atoms with Crippen molar-refractivity contribution in [2.45, 2.75) is 18.4 Å². The summed E-state index contributed by atoms with van der Waals surface area (Å²) in [6.45, 7) is 2.31. The largest absolute Gasteiger partial charge is 0.484 e. The van der Waals surface area contributed by atoms with Crippen LogP contribution in [0.15, 0.2) is 162 Å². The molecule has 9 aromatic rings. The first-order chi connectivity index (χ1) is 24.2. The maximum atomic E-state index is 6.72. The van der Waals surface area contributed by atoms with Crippen LogP contribution >= 0.6 is 0 Å². The van der Waals surface area contributed by atoms with Crippen LogP contribution in [0.4, 0.5) is 0 Å². The molecule has 1 aromatic heterocycles. The molecule has 2 unspecified atom stereocenters. The second kappa shape index (κ2) is 9.71. The van der Waals surface area contributed by atoms with E-state index in [1.165, 1.54) is 60.1 Å². The number of furan rings is 1. The molecule has 2 heterocycles. The van der Waals surface area contributed by atoms with Crippen LogP contribution in [0.3, 0.4) is 0 Å². The SMILES string of the molecule is CC12C=CC=CC1Oc1c2cc(-c2c3ccccc3c(-c3cc4c5ccccc5oc4c4ccccc34)c3ccccc23)c2ccccc12. The van der Waals surface area contributed by atoms with Gasteiger partial charge in [-0.05, 0) is 85.8 Å². The van der Waals surface area contributed by atoms with Crippen LogP contribution in [0.2, 0.25) is 0 Å². The van der Waals surface area contributed by atoms with Crippen LogP contribution in [0.25, 0.3) is 87.3 Å². The molecule has 49 heavy (non-hydrogen) atoms. The minimum atomic E-state index is -0.240. The maximum Gasteiger partial charge on any atom is 0.143 e. The Morgan fingerprint density at radius 2 is 1.00 bits per heavy atom. The molecule has 0 fully saturated rings. The van der Waals surface area contributed by atoms with Gasteiger partial charge in [-0.15, -0.1) is 0 Å². The second-order valence-corrected chi connectivity index (χ2v) is 13.7. The molecule has 8 aromatic carbocycles. The third-order valence-electron chi connectivity index (χ3n) is 11.1. The number of rotatable bonds is 2. The molecule has 0 saturated carbocycles. The predicted octanol–water partition coefficient (Wildman–Crippen LogP) is 12.7. The highest BCUT2D eigenvalue weighted by atomic mass is 16.5. The summed E-state index contributed by atoms with van der Waals surface area (Å²) in [6, 6.07) is 48.6. The van der Waals surface area contributed by atoms with E-state index in [9.17, 15) is 0 Å². The van der Waals surface area contributed by atoms with Crippen molar-refractivity contribution < 1.29 is 9.15 Å². The first kappa shape index (κ1) is 26.9. The first-order valence-corrected chi connectivity index (χ1v) is 17.1. The average molecular weight is 627 g/mol. The maximum absolute atomic E-state index is 6.72. The van der Waals surface area contributed by atoms with E-state index in [-0.39, 0.29) is 11.5 Å². The number of allylic oxidation sites excluding steroid dienone is 2. The molecule has 2 nitrogen and oxygen atoms in total. The van der Waals surface area contributed by atoms with Gasteiger partial charge in [-0.25, -0.2) is 0 Å². The Morgan fingerprint density at radius 3 is 1.65 bits per heavy atom. The quantitative estimate of drug-likeness (QED) is 0.178. The van der Waals surface area contributed by atoms with Crippen LogP contribution in [-0.2, 0) is 5.41 Å². The Balaban J connectivity index is 1.30. The molecule has 0 radical (unpaired) electrons. The molecular formula is C47H30O2. The Morgan fingerprint density at radius 1 is 0.490 bits per heavy atom. The predicted molar refractivity (Wildman–Crippen MR) is 205 cm³/mol. The summed E-state index contributed by atoms with van der Waals surface area (Å²) in [5.74, 6) is 1.00. The van der Waals surface area contributed by atoms with E-state index in [4.69, 9.17) is 9.15 Å². The van der Waals surface area contributed by atoms with Gasteiger partial charge in [0.05, 0.1) is 5.41 Å². The zero-order valence-electron chi connectivity index (χ0n) is 26.9. The monoisotopic (exact) mass is 626 g/mol. The van der Waals surface area contributed by atoms with Gasteiger partial charge in [0.25, 0.3) is 0 Å². The van der Waals surface area contributed by atoms with Crippen LogP contribution < -0.4 is 4.74 Å². The van der Waals surface area contributed by atoms with Crippen molar-refractivity contribution in [2.24, 2.45) is 0 Å². The van der Waals surface area contributed by atoms with E-state index in [1.54, 1.807) is 0 Å². The van der Waals surface area contributed by atoms with Gasteiger partial charge in [0.15, 0.2) is 0 Å². The Hall–Kier alpha value is -6.12. The highest BCUT2D eigenvalue weighted by Crippen LogP contribution is 2.54. The van der Waals surface area contributed by atoms with E-state index in [0.717, 1.165) is 38.5 Å². The molecule has 2 heteroatoms. The van der Waals surface area contributed by atoms with Gasteiger partial charge in [0.1, 0.15) is 23.0 Å². The summed E-state index contributed by atoms with van der Waals surface area (Å²) in [5.41, 5.74) is 7.82. The van der Waals surface area contributed by atoms with Crippen molar-refractivity contribution in [3.05, 3.63) is 163 Å². The Bertz CT molecular complexity index is 2880. The number of benzene rings is 8. The van der Waals surface area contributed by atoms with Crippen molar-refractivity contribution in [2.75, 3.05) is 0 Å². The number of hydrogen-bond acceptors (Lipinski definition) is 2. The van der Waals surface area contributed by atoms with Crippen molar-refractivity contribution in [3.8, 4) is 28.0 Å². The minimum Gasteiger partial charge on any atom is -0.484 e. The summed E-state index contributed by atoms with van der Waals surface area (Å²) in [4.78, 5) is 0. The molecule has 0 amide bonds. The van der Waals surface area contributed by atoms with Gasteiger partial charge in [-0.1, -0.05) is 133 Å². The zero-order valence-corrected chi connectivity index (χ0v) is 26.9. The van der Waals surface area contributed by atoms with E-state index < -0.39 is 0 Å². The number of hydrogen-bond donors (Lipinski definition) is 0. The molecule has 2 aliphatic rings. The van der Waals surface area contributed by atoms with Gasteiger partial charge in [0, 0.05) is 27.1 Å². The lowest BCUT2D eigenvalue weighted by molar-refractivity contribution is 0.230. The molecule has 2 atom stereocenters. The third kappa shape index (κ3) is 3.55. The Labute approximate surface area is 283 Å². The first-order valence-electron chi connectivity index (χ1n) is 17.1. The molecule has 11 rings (SSSR count). The van der Waals surface area contributed by atoms with E-state index in [1.807, 2.05) is 6.07 Å². The fourth-order valence-electron chi connectivity index (χ4n) is 8.79. The lowest BCUT2D eigenvalue weighted by Gasteiger charge is -2.27. The smallest absolute Gasteiger partial charge is 0.143 e. The number of fused-ring (bicyclic) bond motifs is 12. The van der Waals surface area contributed by atoms with Crippen LogP contribution in [-0.4, -0.2) is 6.10 Å². The Kier molecular flexibility index (Phi) is 5.33. The molecular weight excluding hydrogens is 597 g/mol. The highest BCUT2D eigenvalue weighted by Gasteiger charge is 2.44. The minimum absolute atomic E-state index is 0.0239. The van der Waals surface area contributed by atoms with Crippen molar-refractivity contribution in [1.82, 2.24) is 0 Å². The van der Waals surface area contributed by atoms with Gasteiger partial charge in [-0.3, -0.25) is 0 Å². The van der Waals surface area contributed by atoms with Crippen molar-refractivity contribution >= 4 is 65.0 Å². The molecule has 0 saturated heterocycles. The fraction of sp³-hybridized carbons (Fsp3) is 0.0638. The van der Waals surface area contributed by atoms with E-state index >= 15 is 0 Å². The van der Waals surface area contributed by atoms with E-state index in [0.29, 0.717) is 0 Å². The lowest BCUT2D eigenvalue weighted by Crippen LogP contribution is -2.32. The van der Waals surface area contributed by atoms with Gasteiger partial charge in [-0.2, -0.15) is 0 Å².